The molecule has 21 heavy (non-hydrogen) atoms. The van der Waals surface area contributed by atoms with Gasteiger partial charge in [0.05, 0.1) is 16.5 Å². The lowest BCUT2D eigenvalue weighted by atomic mass is 10.1. The Kier molecular flexibility index (Phi) is 5.42. The van der Waals surface area contributed by atoms with Crippen LogP contribution in [0.15, 0.2) is 47.4 Å². The van der Waals surface area contributed by atoms with Gasteiger partial charge in [-0.3, -0.25) is 9.59 Å². The fourth-order valence-electron chi connectivity index (χ4n) is 1.86. The van der Waals surface area contributed by atoms with Crippen LogP contribution in [0.25, 0.3) is 0 Å². The van der Waals surface area contributed by atoms with E-state index in [0.717, 1.165) is 5.56 Å². The Bertz CT molecular complexity index is 698. The molecule has 0 spiro atoms. The van der Waals surface area contributed by atoms with E-state index in [9.17, 15) is 9.59 Å². The second-order valence-corrected chi connectivity index (χ2v) is 5.32. The van der Waals surface area contributed by atoms with Gasteiger partial charge in [-0.1, -0.05) is 35.3 Å². The lowest BCUT2D eigenvalue weighted by molar-refractivity contribution is -0.120. The summed E-state index contributed by atoms with van der Waals surface area (Å²) in [6, 6.07) is 10.0. The molecule has 6 heteroatoms. The molecular weight excluding hydrogens is 311 g/mol. The number of aromatic nitrogens is 1. The minimum atomic E-state index is -0.127. The maximum absolute atomic E-state index is 11.8. The van der Waals surface area contributed by atoms with E-state index in [0.29, 0.717) is 23.1 Å². The van der Waals surface area contributed by atoms with Crippen molar-refractivity contribution in [1.82, 2.24) is 9.88 Å². The molecule has 0 atom stereocenters. The normalized spacial score (nSPS) is 10.4. The lowest BCUT2D eigenvalue weighted by Gasteiger charge is -2.08. The maximum Gasteiger partial charge on any atom is 0.250 e. The third kappa shape index (κ3) is 4.62. The first-order valence-corrected chi connectivity index (χ1v) is 7.18. The number of nitrogens with zero attached hydrogens (tertiary/aromatic N) is 1. The van der Waals surface area contributed by atoms with Crippen LogP contribution in [-0.2, 0) is 17.8 Å². The molecule has 0 aliphatic rings. The Morgan fingerprint density at radius 3 is 2.67 bits per heavy atom. The molecule has 0 bridgehead atoms. The summed E-state index contributed by atoms with van der Waals surface area (Å²) in [4.78, 5) is 23.3. The van der Waals surface area contributed by atoms with E-state index in [2.05, 4.69) is 5.32 Å². The summed E-state index contributed by atoms with van der Waals surface area (Å²) >= 11 is 11.7. The minimum Gasteiger partial charge on any atom is -0.354 e. The molecule has 0 aliphatic carbocycles. The minimum absolute atomic E-state index is 0.0868. The molecule has 1 heterocycles. The molecule has 1 aromatic heterocycles. The van der Waals surface area contributed by atoms with Crippen LogP contribution in [0.2, 0.25) is 10.0 Å². The summed E-state index contributed by atoms with van der Waals surface area (Å²) in [6.07, 6.45) is 1.91. The van der Waals surface area contributed by atoms with Gasteiger partial charge in [-0.05, 0) is 23.8 Å². The van der Waals surface area contributed by atoms with Crippen LogP contribution in [0, 0.1) is 0 Å². The summed E-state index contributed by atoms with van der Waals surface area (Å²) in [6.45, 7) is 0.830. The quantitative estimate of drug-likeness (QED) is 0.918. The Labute approximate surface area is 132 Å². The zero-order valence-corrected chi connectivity index (χ0v) is 12.7. The topological polar surface area (TPSA) is 51.1 Å². The number of carbonyl (C=O) groups is 1. The van der Waals surface area contributed by atoms with Crippen LogP contribution in [0.1, 0.15) is 5.56 Å². The van der Waals surface area contributed by atoms with Gasteiger partial charge in [0.1, 0.15) is 0 Å². The van der Waals surface area contributed by atoms with Gasteiger partial charge < -0.3 is 9.88 Å². The second-order valence-electron chi connectivity index (χ2n) is 4.51. The van der Waals surface area contributed by atoms with Crippen LogP contribution < -0.4 is 10.9 Å². The number of amides is 1. The van der Waals surface area contributed by atoms with Crippen molar-refractivity contribution < 1.29 is 4.79 Å². The molecule has 0 aliphatic heterocycles. The van der Waals surface area contributed by atoms with E-state index < -0.39 is 0 Å². The summed E-state index contributed by atoms with van der Waals surface area (Å²) < 4.78 is 1.54. The SMILES string of the molecule is O=C(Cc1ccc(Cl)c(Cl)c1)NCCn1ccccc1=O. The van der Waals surface area contributed by atoms with Gasteiger partial charge >= 0.3 is 0 Å². The van der Waals surface area contributed by atoms with E-state index in [4.69, 9.17) is 23.2 Å². The largest absolute Gasteiger partial charge is 0.354 e. The molecule has 0 saturated heterocycles. The average Bonchev–Trinajstić information content (AvgIpc) is 2.45. The molecule has 2 rings (SSSR count). The lowest BCUT2D eigenvalue weighted by Crippen LogP contribution is -2.31. The van der Waals surface area contributed by atoms with Crippen LogP contribution in [-0.4, -0.2) is 17.0 Å². The van der Waals surface area contributed by atoms with Gasteiger partial charge in [0.25, 0.3) is 5.56 Å². The van der Waals surface area contributed by atoms with Crippen molar-refractivity contribution >= 4 is 29.1 Å². The number of carbonyl (C=O) groups excluding carboxylic acids is 1. The maximum atomic E-state index is 11.8. The fourth-order valence-corrected chi connectivity index (χ4v) is 2.18. The van der Waals surface area contributed by atoms with Gasteiger partial charge in [0.15, 0.2) is 0 Å². The second kappa shape index (κ2) is 7.29. The summed E-state index contributed by atoms with van der Waals surface area (Å²) in [5.74, 6) is -0.127. The third-order valence-corrected chi connectivity index (χ3v) is 3.66. The molecule has 0 saturated carbocycles. The first-order chi connectivity index (χ1) is 10.1. The van der Waals surface area contributed by atoms with Crippen LogP contribution in [0.3, 0.4) is 0 Å². The average molecular weight is 325 g/mol. The Hall–Kier alpha value is -1.78. The van der Waals surface area contributed by atoms with Crippen molar-refractivity contribution in [2.75, 3.05) is 6.54 Å². The highest BCUT2D eigenvalue weighted by atomic mass is 35.5. The van der Waals surface area contributed by atoms with Gasteiger partial charge in [-0.25, -0.2) is 0 Å². The van der Waals surface area contributed by atoms with E-state index in [-0.39, 0.29) is 17.9 Å². The van der Waals surface area contributed by atoms with Crippen LogP contribution >= 0.6 is 23.2 Å². The zero-order valence-electron chi connectivity index (χ0n) is 11.2. The van der Waals surface area contributed by atoms with Crippen LogP contribution in [0.5, 0.6) is 0 Å². The molecule has 110 valence electrons. The molecule has 0 unspecified atom stereocenters. The number of benzene rings is 1. The monoisotopic (exact) mass is 324 g/mol. The highest BCUT2D eigenvalue weighted by molar-refractivity contribution is 6.42. The van der Waals surface area contributed by atoms with Gasteiger partial charge in [-0.15, -0.1) is 0 Å². The van der Waals surface area contributed by atoms with Crippen molar-refractivity contribution in [3.63, 3.8) is 0 Å². The van der Waals surface area contributed by atoms with Crippen molar-refractivity contribution in [1.29, 1.82) is 0 Å². The highest BCUT2D eigenvalue weighted by Crippen LogP contribution is 2.22. The Morgan fingerprint density at radius 1 is 1.14 bits per heavy atom. The smallest absolute Gasteiger partial charge is 0.250 e. The molecule has 4 nitrogen and oxygen atoms in total. The number of hydrogen-bond acceptors (Lipinski definition) is 2. The van der Waals surface area contributed by atoms with Crippen molar-refractivity contribution in [3.05, 3.63) is 68.6 Å². The summed E-state index contributed by atoms with van der Waals surface area (Å²) in [7, 11) is 0. The summed E-state index contributed by atoms with van der Waals surface area (Å²) in [5.41, 5.74) is 0.704. The van der Waals surface area contributed by atoms with Crippen LogP contribution in [0.4, 0.5) is 0 Å². The van der Waals surface area contributed by atoms with Gasteiger partial charge in [-0.2, -0.15) is 0 Å². The van der Waals surface area contributed by atoms with Crippen molar-refractivity contribution in [3.8, 4) is 0 Å². The van der Waals surface area contributed by atoms with Gasteiger partial charge in [0, 0.05) is 25.4 Å². The number of nitrogens with one attached hydrogen (secondary N) is 1. The van der Waals surface area contributed by atoms with E-state index in [1.54, 1.807) is 41.1 Å². The number of pyridine rings is 1. The fraction of sp³-hybridized carbons (Fsp3) is 0.200. The van der Waals surface area contributed by atoms with E-state index >= 15 is 0 Å². The molecule has 2 aromatic rings. The Balaban J connectivity index is 1.84. The molecule has 1 aromatic carbocycles. The first-order valence-electron chi connectivity index (χ1n) is 6.42. The zero-order chi connectivity index (χ0) is 15.2. The molecule has 0 radical (unpaired) electrons. The number of hydrogen-bond donors (Lipinski definition) is 1. The first kappa shape index (κ1) is 15.6. The van der Waals surface area contributed by atoms with Gasteiger partial charge in [0.2, 0.25) is 5.91 Å². The molecule has 1 N–H and O–H groups in total. The molecule has 0 fully saturated rings. The standard InChI is InChI=1S/C15H14Cl2N2O2/c16-12-5-4-11(9-13(12)17)10-14(20)18-6-8-19-7-2-1-3-15(19)21/h1-5,7,9H,6,8,10H2,(H,18,20). The predicted octanol–water partition coefficient (Wildman–Crippen LogP) is 2.51. The predicted molar refractivity (Wildman–Crippen MR) is 83.9 cm³/mol. The van der Waals surface area contributed by atoms with Crippen molar-refractivity contribution in [2.45, 2.75) is 13.0 Å². The molecular formula is C15H14Cl2N2O2. The van der Waals surface area contributed by atoms with E-state index in [1.807, 2.05) is 0 Å². The molecule has 1 amide bonds. The number of rotatable bonds is 5. The van der Waals surface area contributed by atoms with Crippen molar-refractivity contribution in [2.24, 2.45) is 0 Å². The van der Waals surface area contributed by atoms with E-state index in [1.165, 1.54) is 6.07 Å². The highest BCUT2D eigenvalue weighted by Gasteiger charge is 2.05. The number of halogens is 2. The Morgan fingerprint density at radius 2 is 1.95 bits per heavy atom. The summed E-state index contributed by atoms with van der Waals surface area (Å²) in [5, 5.41) is 3.66. The third-order valence-electron chi connectivity index (χ3n) is 2.92.